The summed E-state index contributed by atoms with van der Waals surface area (Å²) in [5.74, 6) is 0.314. The van der Waals surface area contributed by atoms with Gasteiger partial charge < -0.3 is 4.57 Å². The van der Waals surface area contributed by atoms with Crippen LogP contribution in [-0.2, 0) is 0 Å². The molecule has 1 atom stereocenters. The minimum atomic E-state index is 0.314. The van der Waals surface area contributed by atoms with E-state index in [0.717, 1.165) is 6.42 Å². The summed E-state index contributed by atoms with van der Waals surface area (Å²) in [5.41, 5.74) is 20.8. The summed E-state index contributed by atoms with van der Waals surface area (Å²) in [6.07, 6.45) is 19.6. The van der Waals surface area contributed by atoms with Crippen LogP contribution >= 0.6 is 0 Å². The third-order valence-electron chi connectivity index (χ3n) is 15.1. The second kappa shape index (κ2) is 13.1. The predicted octanol–water partition coefficient (Wildman–Crippen LogP) is 16.9. The van der Waals surface area contributed by atoms with Gasteiger partial charge in [-0.15, -0.1) is 0 Å². The van der Waals surface area contributed by atoms with E-state index in [4.69, 9.17) is 0 Å². The third-order valence-corrected chi connectivity index (χ3v) is 15.1. The lowest BCUT2D eigenvalue weighted by atomic mass is 9.67. The highest BCUT2D eigenvalue weighted by Gasteiger charge is 2.34. The fourth-order valence-electron chi connectivity index (χ4n) is 12.1. The highest BCUT2D eigenvalue weighted by atomic mass is 15.0. The maximum atomic E-state index is 2.46. The van der Waals surface area contributed by atoms with Crippen molar-refractivity contribution in [2.24, 2.45) is 5.92 Å². The Morgan fingerprint density at radius 3 is 1.65 bits per heavy atom. The molecule has 0 fully saturated rings. The lowest BCUT2D eigenvalue weighted by Crippen LogP contribution is -2.21. The van der Waals surface area contributed by atoms with Crippen molar-refractivity contribution in [3.8, 4) is 39.1 Å². The first-order valence-corrected chi connectivity index (χ1v) is 22.9. The molecule has 1 heteroatoms. The molecule has 11 aromatic rings. The van der Waals surface area contributed by atoms with Crippen LogP contribution in [0.5, 0.6) is 0 Å². The normalized spacial score (nSPS) is 16.6. The fraction of sp³-hybridized carbons (Fsp3) is 0.0312. The molecule has 300 valence electrons. The Kier molecular flexibility index (Phi) is 7.12. The maximum Gasteiger partial charge on any atom is 0.0547 e. The van der Waals surface area contributed by atoms with Gasteiger partial charge in [-0.25, -0.2) is 0 Å². The molecule has 1 heterocycles. The maximum absolute atomic E-state index is 2.46. The van der Waals surface area contributed by atoms with Gasteiger partial charge in [0.2, 0.25) is 0 Å². The van der Waals surface area contributed by atoms with E-state index in [1.807, 2.05) is 0 Å². The third kappa shape index (κ3) is 4.93. The summed E-state index contributed by atoms with van der Waals surface area (Å²) < 4.78 is 2.46. The first-order chi connectivity index (χ1) is 32.2. The summed E-state index contributed by atoms with van der Waals surface area (Å²) in [6.45, 7) is 0. The van der Waals surface area contributed by atoms with Crippen molar-refractivity contribution in [1.82, 2.24) is 4.57 Å². The summed E-state index contributed by atoms with van der Waals surface area (Å²) in [6, 6.07) is 63.9. The Balaban J connectivity index is 0.848. The van der Waals surface area contributed by atoms with Crippen molar-refractivity contribution in [3.63, 3.8) is 0 Å². The van der Waals surface area contributed by atoms with Crippen molar-refractivity contribution in [1.29, 1.82) is 0 Å². The lowest BCUT2D eigenvalue weighted by Gasteiger charge is -2.36. The van der Waals surface area contributed by atoms with Crippen LogP contribution in [-0.4, -0.2) is 4.57 Å². The summed E-state index contributed by atoms with van der Waals surface area (Å²) in [7, 11) is 0. The summed E-state index contributed by atoms with van der Waals surface area (Å²) in [4.78, 5) is 0. The first kappa shape index (κ1) is 35.2. The monoisotopic (exact) mass is 821 g/mol. The Hall–Kier alpha value is -8.26. The Bertz CT molecular complexity index is 4060. The molecule has 0 saturated heterocycles. The van der Waals surface area contributed by atoms with Crippen molar-refractivity contribution in [2.45, 2.75) is 6.42 Å². The average molecular weight is 822 g/mol. The van der Waals surface area contributed by atoms with E-state index in [1.165, 1.54) is 143 Å². The lowest BCUT2D eigenvalue weighted by molar-refractivity contribution is 0.835. The zero-order valence-corrected chi connectivity index (χ0v) is 35.5. The molecule has 0 saturated carbocycles. The molecule has 0 N–H and O–H groups in total. The molecule has 1 unspecified atom stereocenters. The molecule has 0 aliphatic heterocycles. The van der Waals surface area contributed by atoms with Crippen LogP contribution in [0.15, 0.2) is 246 Å². The van der Waals surface area contributed by atoms with Gasteiger partial charge in [-0.1, -0.05) is 194 Å². The van der Waals surface area contributed by atoms with Gasteiger partial charge in [-0.2, -0.15) is 0 Å². The Labute approximate surface area is 376 Å². The van der Waals surface area contributed by atoms with Crippen molar-refractivity contribution in [3.05, 3.63) is 252 Å². The summed E-state index contributed by atoms with van der Waals surface area (Å²) in [5, 5.41) is 13.1. The molecular formula is C64H39N. The highest BCUT2D eigenvalue weighted by molar-refractivity contribution is 6.29. The van der Waals surface area contributed by atoms with Crippen LogP contribution in [0.25, 0.3) is 110 Å². The topological polar surface area (TPSA) is 4.93 Å². The average Bonchev–Trinajstić information content (AvgIpc) is 3.72. The number of aromatic nitrogens is 1. The van der Waals surface area contributed by atoms with E-state index in [-0.39, 0.29) is 0 Å². The van der Waals surface area contributed by atoms with E-state index in [0.29, 0.717) is 5.92 Å². The minimum Gasteiger partial charge on any atom is -0.309 e. The van der Waals surface area contributed by atoms with Crippen LogP contribution < -0.4 is 0 Å². The van der Waals surface area contributed by atoms with E-state index < -0.39 is 0 Å². The fourth-order valence-corrected chi connectivity index (χ4v) is 12.1. The number of para-hydroxylation sites is 1. The first-order valence-electron chi connectivity index (χ1n) is 22.9. The molecule has 1 nitrogen and oxygen atoms in total. The van der Waals surface area contributed by atoms with Crippen molar-refractivity contribution >= 4 is 70.5 Å². The number of nitrogens with zero attached hydrogens (tertiary/aromatic N) is 1. The smallest absolute Gasteiger partial charge is 0.0547 e. The molecule has 15 rings (SSSR count). The van der Waals surface area contributed by atoms with Crippen LogP contribution in [0.3, 0.4) is 0 Å². The van der Waals surface area contributed by atoms with Gasteiger partial charge >= 0.3 is 0 Å². The second-order valence-electron chi connectivity index (χ2n) is 18.3. The molecule has 0 bridgehead atoms. The van der Waals surface area contributed by atoms with Crippen LogP contribution in [0.1, 0.15) is 12.0 Å². The number of hydrogen-bond acceptors (Lipinski definition) is 0. The molecule has 0 amide bonds. The van der Waals surface area contributed by atoms with E-state index >= 15 is 0 Å². The second-order valence-corrected chi connectivity index (χ2v) is 18.3. The highest BCUT2D eigenvalue weighted by Crippen LogP contribution is 2.50. The quantitative estimate of drug-likeness (QED) is 0.152. The number of allylic oxidation sites excluding steroid dienone is 14. The number of rotatable bonds is 5. The van der Waals surface area contributed by atoms with Gasteiger partial charge in [0.1, 0.15) is 0 Å². The Morgan fingerprint density at radius 2 is 0.969 bits per heavy atom. The number of benzene rings is 10. The van der Waals surface area contributed by atoms with Gasteiger partial charge in [-0.3, -0.25) is 0 Å². The predicted molar refractivity (Wildman–Crippen MR) is 275 cm³/mol. The number of hydrogen-bond donors (Lipinski definition) is 0. The molecular weight excluding hydrogens is 783 g/mol. The van der Waals surface area contributed by atoms with E-state index in [2.05, 4.69) is 223 Å². The van der Waals surface area contributed by atoms with E-state index in [9.17, 15) is 0 Å². The SMILES string of the molecule is C1=CC2=C3C(=CC=C4C=CC(c5ccc(-c6ccc7c8c6ccc6c(-c9ccc(-c%10ccc%11ccc%12cccc%13ccc%10c%11c%12%13)cc9)ccc(c68)n7-c6ccccc6)cc5)=C(C=C2)C43)C1. The molecule has 4 aliphatic carbocycles. The van der Waals surface area contributed by atoms with Gasteiger partial charge in [0.25, 0.3) is 0 Å². The van der Waals surface area contributed by atoms with E-state index in [1.54, 1.807) is 0 Å². The van der Waals surface area contributed by atoms with Gasteiger partial charge in [0, 0.05) is 22.4 Å². The van der Waals surface area contributed by atoms with Crippen molar-refractivity contribution in [2.75, 3.05) is 0 Å². The van der Waals surface area contributed by atoms with Gasteiger partial charge in [-0.05, 0) is 146 Å². The van der Waals surface area contributed by atoms with Crippen LogP contribution in [0.2, 0.25) is 0 Å². The zero-order chi connectivity index (χ0) is 42.3. The summed E-state index contributed by atoms with van der Waals surface area (Å²) >= 11 is 0. The molecule has 4 aliphatic rings. The molecule has 1 aromatic heterocycles. The van der Waals surface area contributed by atoms with Gasteiger partial charge in [0.05, 0.1) is 11.0 Å². The molecule has 0 spiro atoms. The van der Waals surface area contributed by atoms with Crippen LogP contribution in [0.4, 0.5) is 0 Å². The minimum absolute atomic E-state index is 0.314. The Morgan fingerprint density at radius 1 is 0.400 bits per heavy atom. The molecule has 65 heavy (non-hydrogen) atoms. The largest absolute Gasteiger partial charge is 0.309 e. The van der Waals surface area contributed by atoms with Crippen LogP contribution in [0, 0.1) is 5.92 Å². The van der Waals surface area contributed by atoms with Gasteiger partial charge in [0.15, 0.2) is 0 Å². The zero-order valence-electron chi connectivity index (χ0n) is 35.5. The molecule has 10 aromatic carbocycles. The molecule has 0 radical (unpaired) electrons. The van der Waals surface area contributed by atoms with Crippen molar-refractivity contribution < 1.29 is 0 Å². The standard InChI is InChI=1S/C64H39N/c1-2-10-48(11-3-1)65-57-36-34-51(40-16-12-38(13-17-40)49-28-24-46-22-20-42-6-4-8-44-26-30-53(49)61(46)59(42)44)55-32-33-56-52(35-37-58(65)64(56)63(55)57)41-18-14-39(15-19-41)50-29-25-47-23-21-43-7-5-9-45-27-31-54(50)62(47)60(43)45/h1-6,8-37,62H,7H2.